The molecule has 0 amide bonds. The molecule has 1 aliphatic rings. The van der Waals surface area contributed by atoms with E-state index in [0.717, 1.165) is 55.7 Å². The highest BCUT2D eigenvalue weighted by atomic mass is 35.5. The van der Waals surface area contributed by atoms with Gasteiger partial charge in [0.2, 0.25) is 0 Å². The van der Waals surface area contributed by atoms with Crippen LogP contribution in [0.5, 0.6) is 0 Å². The number of Topliss-reactive ketones (excluding diaryl/α,β-unsaturated/α-hetero) is 1. The van der Waals surface area contributed by atoms with Gasteiger partial charge in [-0.2, -0.15) is 5.10 Å². The Morgan fingerprint density at radius 3 is 2.52 bits per heavy atom. The van der Waals surface area contributed by atoms with Crippen LogP contribution >= 0.6 is 23.2 Å². The molecule has 5 nitrogen and oxygen atoms in total. The third-order valence-electron chi connectivity index (χ3n) is 5.27. The lowest BCUT2D eigenvalue weighted by Crippen LogP contribution is -2.36. The number of morpholine rings is 1. The SMILES string of the molecule is O=C(CCCN1CCOCC1)c1nn(Cc2c(Cl)cccc2Cl)c2ccccc12. The highest BCUT2D eigenvalue weighted by Crippen LogP contribution is 2.27. The molecule has 4 rings (SSSR count). The Bertz CT molecular complexity index is 992. The highest BCUT2D eigenvalue weighted by Gasteiger charge is 2.19. The summed E-state index contributed by atoms with van der Waals surface area (Å²) in [6.07, 6.45) is 1.29. The second-order valence-electron chi connectivity index (χ2n) is 7.20. The average molecular weight is 432 g/mol. The number of benzene rings is 2. The smallest absolute Gasteiger partial charge is 0.183 e. The molecule has 0 saturated carbocycles. The van der Waals surface area contributed by atoms with Crippen molar-refractivity contribution in [1.82, 2.24) is 14.7 Å². The van der Waals surface area contributed by atoms with Crippen molar-refractivity contribution in [3.8, 4) is 0 Å². The van der Waals surface area contributed by atoms with E-state index in [1.165, 1.54) is 0 Å². The number of para-hydroxylation sites is 1. The summed E-state index contributed by atoms with van der Waals surface area (Å²) in [7, 11) is 0. The van der Waals surface area contributed by atoms with Gasteiger partial charge in [0.1, 0.15) is 5.69 Å². The highest BCUT2D eigenvalue weighted by molar-refractivity contribution is 6.36. The zero-order valence-corrected chi connectivity index (χ0v) is 17.6. The van der Waals surface area contributed by atoms with Crippen LogP contribution in [0.2, 0.25) is 10.0 Å². The van der Waals surface area contributed by atoms with Crippen molar-refractivity contribution in [3.05, 3.63) is 63.8 Å². The zero-order chi connectivity index (χ0) is 20.2. The Hall–Kier alpha value is -1.92. The van der Waals surface area contributed by atoms with Crippen LogP contribution in [0.4, 0.5) is 0 Å². The van der Waals surface area contributed by atoms with E-state index in [1.54, 1.807) is 0 Å². The van der Waals surface area contributed by atoms with E-state index in [4.69, 9.17) is 27.9 Å². The molecular formula is C22H23Cl2N3O2. The van der Waals surface area contributed by atoms with Crippen LogP contribution in [0.15, 0.2) is 42.5 Å². The molecule has 3 aromatic rings. The number of hydrogen-bond donors (Lipinski definition) is 0. The van der Waals surface area contributed by atoms with Crippen molar-refractivity contribution in [2.75, 3.05) is 32.8 Å². The van der Waals surface area contributed by atoms with Gasteiger partial charge in [-0.05, 0) is 31.2 Å². The molecule has 1 fully saturated rings. The van der Waals surface area contributed by atoms with E-state index in [0.29, 0.717) is 28.7 Å². The number of nitrogens with zero attached hydrogens (tertiary/aromatic N) is 3. The van der Waals surface area contributed by atoms with Gasteiger partial charge in [-0.25, -0.2) is 0 Å². The lowest BCUT2D eigenvalue weighted by molar-refractivity contribution is 0.0371. The maximum atomic E-state index is 12.9. The minimum Gasteiger partial charge on any atom is -0.379 e. The number of halogens is 2. The second-order valence-corrected chi connectivity index (χ2v) is 8.02. The van der Waals surface area contributed by atoms with E-state index in [-0.39, 0.29) is 5.78 Å². The van der Waals surface area contributed by atoms with Gasteiger partial charge in [-0.3, -0.25) is 14.4 Å². The maximum absolute atomic E-state index is 12.9. The molecule has 1 aliphatic heterocycles. The third kappa shape index (κ3) is 4.64. The summed E-state index contributed by atoms with van der Waals surface area (Å²) in [6.45, 7) is 4.74. The fourth-order valence-electron chi connectivity index (χ4n) is 3.69. The molecule has 29 heavy (non-hydrogen) atoms. The Labute approximate surface area is 180 Å². The standard InChI is InChI=1S/C22H23Cl2N3O2/c23-18-6-3-7-19(24)17(18)15-27-20-8-2-1-5-16(20)22(25-27)21(28)9-4-10-26-11-13-29-14-12-26/h1-3,5-8H,4,9-15H2. The Kier molecular flexibility index (Phi) is 6.50. The van der Waals surface area contributed by atoms with Gasteiger partial charge in [-0.1, -0.05) is 47.5 Å². The summed E-state index contributed by atoms with van der Waals surface area (Å²) in [5, 5.41) is 6.70. The van der Waals surface area contributed by atoms with Gasteiger partial charge < -0.3 is 4.74 Å². The summed E-state index contributed by atoms with van der Waals surface area (Å²) in [5.74, 6) is 0.0680. The molecule has 1 saturated heterocycles. The molecule has 0 aliphatic carbocycles. The van der Waals surface area contributed by atoms with Gasteiger partial charge in [0.25, 0.3) is 0 Å². The second kappa shape index (κ2) is 9.26. The molecule has 1 aromatic heterocycles. The van der Waals surface area contributed by atoms with Gasteiger partial charge in [0, 0.05) is 40.5 Å². The molecule has 0 N–H and O–H groups in total. The summed E-state index contributed by atoms with van der Waals surface area (Å²) in [4.78, 5) is 15.3. The number of ether oxygens (including phenoxy) is 1. The van der Waals surface area contributed by atoms with Crippen LogP contribution in [0.3, 0.4) is 0 Å². The first-order chi connectivity index (χ1) is 14.1. The topological polar surface area (TPSA) is 47.4 Å². The van der Waals surface area contributed by atoms with Crippen LogP contribution in [-0.4, -0.2) is 53.3 Å². The number of hydrogen-bond acceptors (Lipinski definition) is 4. The van der Waals surface area contributed by atoms with E-state index in [9.17, 15) is 4.79 Å². The van der Waals surface area contributed by atoms with Gasteiger partial charge in [0.15, 0.2) is 5.78 Å². The fraction of sp³-hybridized carbons (Fsp3) is 0.364. The molecule has 0 spiro atoms. The number of carbonyl (C=O) groups is 1. The summed E-state index contributed by atoms with van der Waals surface area (Å²) in [5.41, 5.74) is 2.22. The molecule has 0 bridgehead atoms. The Morgan fingerprint density at radius 1 is 1.03 bits per heavy atom. The van der Waals surface area contributed by atoms with Crippen molar-refractivity contribution >= 4 is 39.9 Å². The number of ketones is 1. The van der Waals surface area contributed by atoms with E-state index in [1.807, 2.05) is 47.1 Å². The number of carbonyl (C=O) groups excluding carboxylic acids is 1. The van der Waals surface area contributed by atoms with Crippen LogP contribution in [0, 0.1) is 0 Å². The first-order valence-electron chi connectivity index (χ1n) is 9.85. The predicted octanol–water partition coefficient (Wildman–Crippen LogP) is 4.69. The normalized spacial score (nSPS) is 15.1. The molecule has 2 aromatic carbocycles. The first kappa shape index (κ1) is 20.4. The molecule has 0 unspecified atom stereocenters. The van der Waals surface area contributed by atoms with E-state index in [2.05, 4.69) is 10.00 Å². The maximum Gasteiger partial charge on any atom is 0.183 e. The summed E-state index contributed by atoms with van der Waals surface area (Å²) >= 11 is 12.7. The minimum absolute atomic E-state index is 0.0680. The summed E-state index contributed by atoms with van der Waals surface area (Å²) in [6, 6.07) is 13.2. The van der Waals surface area contributed by atoms with Crippen LogP contribution in [0.25, 0.3) is 10.9 Å². The fourth-order valence-corrected chi connectivity index (χ4v) is 4.21. The molecule has 7 heteroatoms. The Morgan fingerprint density at radius 2 is 1.76 bits per heavy atom. The first-order valence-corrected chi connectivity index (χ1v) is 10.6. The van der Waals surface area contributed by atoms with Crippen molar-refractivity contribution in [1.29, 1.82) is 0 Å². The molecule has 0 radical (unpaired) electrons. The third-order valence-corrected chi connectivity index (χ3v) is 5.98. The van der Waals surface area contributed by atoms with Gasteiger partial charge >= 0.3 is 0 Å². The number of aromatic nitrogens is 2. The quantitative estimate of drug-likeness (QED) is 0.509. The molecule has 0 atom stereocenters. The predicted molar refractivity (Wildman–Crippen MR) is 116 cm³/mol. The zero-order valence-electron chi connectivity index (χ0n) is 16.1. The van der Waals surface area contributed by atoms with Crippen LogP contribution < -0.4 is 0 Å². The average Bonchev–Trinajstić information content (AvgIpc) is 3.10. The summed E-state index contributed by atoms with van der Waals surface area (Å²) < 4.78 is 7.19. The van der Waals surface area contributed by atoms with Crippen molar-refractivity contribution < 1.29 is 9.53 Å². The van der Waals surface area contributed by atoms with Crippen LogP contribution in [0.1, 0.15) is 28.9 Å². The number of fused-ring (bicyclic) bond motifs is 1. The van der Waals surface area contributed by atoms with E-state index < -0.39 is 0 Å². The Balaban J connectivity index is 1.53. The van der Waals surface area contributed by atoms with Crippen LogP contribution in [-0.2, 0) is 11.3 Å². The van der Waals surface area contributed by atoms with Crippen molar-refractivity contribution in [2.24, 2.45) is 0 Å². The van der Waals surface area contributed by atoms with Gasteiger partial charge in [-0.15, -0.1) is 0 Å². The van der Waals surface area contributed by atoms with E-state index >= 15 is 0 Å². The van der Waals surface area contributed by atoms with Crippen molar-refractivity contribution in [2.45, 2.75) is 19.4 Å². The molecule has 2 heterocycles. The minimum atomic E-state index is 0.0680. The molecule has 152 valence electrons. The monoisotopic (exact) mass is 431 g/mol. The largest absolute Gasteiger partial charge is 0.379 e. The lowest BCUT2D eigenvalue weighted by atomic mass is 10.1. The number of rotatable bonds is 7. The van der Waals surface area contributed by atoms with Crippen molar-refractivity contribution in [3.63, 3.8) is 0 Å². The van der Waals surface area contributed by atoms with Gasteiger partial charge in [0.05, 0.1) is 25.3 Å². The molecular weight excluding hydrogens is 409 g/mol. The lowest BCUT2D eigenvalue weighted by Gasteiger charge is -2.26.